The first kappa shape index (κ1) is 12.6. The van der Waals surface area contributed by atoms with Crippen molar-refractivity contribution in [2.75, 3.05) is 6.61 Å². The van der Waals surface area contributed by atoms with E-state index in [4.69, 9.17) is 5.11 Å². The number of rotatable bonds is 6. The van der Waals surface area contributed by atoms with Gasteiger partial charge in [0.05, 0.1) is 0 Å². The second-order valence-corrected chi connectivity index (χ2v) is 2.49. The molecular formula is C8H23NO. The van der Waals surface area contributed by atoms with Crippen LogP contribution in [-0.2, 0) is 0 Å². The average Bonchev–Trinajstić information content (AvgIpc) is 1.89. The van der Waals surface area contributed by atoms with Crippen LogP contribution < -0.4 is 6.15 Å². The molecule has 0 aliphatic rings. The van der Waals surface area contributed by atoms with Gasteiger partial charge in [0.25, 0.3) is 0 Å². The van der Waals surface area contributed by atoms with Crippen LogP contribution in [0.2, 0.25) is 0 Å². The van der Waals surface area contributed by atoms with Gasteiger partial charge >= 0.3 is 0 Å². The molecule has 0 amide bonds. The Labute approximate surface area is 65.7 Å². The van der Waals surface area contributed by atoms with E-state index in [1.165, 1.54) is 32.1 Å². The van der Waals surface area contributed by atoms with E-state index < -0.39 is 0 Å². The van der Waals surface area contributed by atoms with Gasteiger partial charge in [-0.1, -0.05) is 39.0 Å². The summed E-state index contributed by atoms with van der Waals surface area (Å²) in [6, 6.07) is 0. The van der Waals surface area contributed by atoms with Crippen molar-refractivity contribution in [3.05, 3.63) is 0 Å². The summed E-state index contributed by atoms with van der Waals surface area (Å²) in [7, 11) is 0. The first-order valence-electron chi connectivity index (χ1n) is 4.02. The molecule has 4 N–H and O–H groups in total. The molecule has 0 unspecified atom stereocenters. The van der Waals surface area contributed by atoms with E-state index in [9.17, 15) is 0 Å². The van der Waals surface area contributed by atoms with E-state index in [-0.39, 0.29) is 7.58 Å². The molecule has 0 aromatic heterocycles. The molecule has 0 radical (unpaired) electrons. The topological polar surface area (TPSA) is 55.2 Å². The zero-order valence-corrected chi connectivity index (χ0v) is 7.10. The Morgan fingerprint density at radius 2 is 1.50 bits per heavy atom. The standard InChI is InChI=1S/C8H18O.H3N.H2/c1-2-3-4-5-6-7-8-9;;/h9H,2-8H2,1H3;1H3;1H. The molecule has 0 heterocycles. The normalized spacial score (nSPS) is 9.00. The third-order valence-corrected chi connectivity index (χ3v) is 1.51. The van der Waals surface area contributed by atoms with Crippen LogP contribution in [0.4, 0.5) is 0 Å². The van der Waals surface area contributed by atoms with Gasteiger partial charge in [-0.3, -0.25) is 0 Å². The van der Waals surface area contributed by atoms with Crippen molar-refractivity contribution in [1.82, 2.24) is 6.15 Å². The maximum atomic E-state index is 8.42. The minimum atomic E-state index is 0. The summed E-state index contributed by atoms with van der Waals surface area (Å²) in [6.07, 6.45) is 7.50. The molecule has 66 valence electrons. The second-order valence-electron chi connectivity index (χ2n) is 2.49. The van der Waals surface area contributed by atoms with Crippen molar-refractivity contribution in [1.29, 1.82) is 0 Å². The number of aliphatic hydroxyl groups excluding tert-OH is 1. The van der Waals surface area contributed by atoms with Gasteiger partial charge in [-0.2, -0.15) is 0 Å². The number of aliphatic hydroxyl groups is 1. The van der Waals surface area contributed by atoms with Gasteiger partial charge in [-0.25, -0.2) is 0 Å². The van der Waals surface area contributed by atoms with E-state index in [2.05, 4.69) is 6.92 Å². The van der Waals surface area contributed by atoms with Crippen molar-refractivity contribution in [2.24, 2.45) is 0 Å². The van der Waals surface area contributed by atoms with Crippen LogP contribution in [-0.4, -0.2) is 11.7 Å². The molecule has 0 saturated carbocycles. The summed E-state index contributed by atoms with van der Waals surface area (Å²) < 4.78 is 0. The Balaban J connectivity index is -0.000000320. The molecule has 0 aliphatic carbocycles. The van der Waals surface area contributed by atoms with Crippen molar-refractivity contribution in [2.45, 2.75) is 45.4 Å². The van der Waals surface area contributed by atoms with Crippen LogP contribution in [0.25, 0.3) is 0 Å². The number of unbranched alkanes of at least 4 members (excludes halogenated alkanes) is 5. The molecule has 10 heavy (non-hydrogen) atoms. The Bertz CT molecular complexity index is 47.4. The third-order valence-electron chi connectivity index (χ3n) is 1.51. The predicted octanol–water partition coefficient (Wildman–Crippen LogP) is 2.75. The quantitative estimate of drug-likeness (QED) is 0.570. The zero-order chi connectivity index (χ0) is 6.95. The highest BCUT2D eigenvalue weighted by Crippen LogP contribution is 2.03. The van der Waals surface area contributed by atoms with Crippen molar-refractivity contribution in [3.63, 3.8) is 0 Å². The van der Waals surface area contributed by atoms with Crippen molar-refractivity contribution >= 4 is 0 Å². The Morgan fingerprint density at radius 3 is 2.00 bits per heavy atom. The van der Waals surface area contributed by atoms with Gasteiger partial charge in [0.2, 0.25) is 0 Å². The Hall–Kier alpha value is -0.0800. The van der Waals surface area contributed by atoms with Crippen molar-refractivity contribution < 1.29 is 6.53 Å². The SMILES string of the molecule is CCCCCCCCO.N.[HH]. The predicted molar refractivity (Wildman–Crippen MR) is 47.6 cm³/mol. The molecule has 0 aliphatic heterocycles. The highest BCUT2D eigenvalue weighted by Gasteiger charge is 1.86. The van der Waals surface area contributed by atoms with E-state index in [0.717, 1.165) is 6.42 Å². The highest BCUT2D eigenvalue weighted by molar-refractivity contribution is 4.41. The van der Waals surface area contributed by atoms with E-state index >= 15 is 0 Å². The summed E-state index contributed by atoms with van der Waals surface area (Å²) in [4.78, 5) is 0. The maximum Gasteiger partial charge on any atom is 0.0431 e. The summed E-state index contributed by atoms with van der Waals surface area (Å²) in [5.41, 5.74) is 0. The molecule has 0 saturated heterocycles. The number of hydrogen-bond acceptors (Lipinski definition) is 2. The summed E-state index contributed by atoms with van der Waals surface area (Å²) in [6.45, 7) is 2.58. The van der Waals surface area contributed by atoms with Crippen LogP contribution in [0.1, 0.15) is 46.9 Å². The van der Waals surface area contributed by atoms with Gasteiger partial charge in [0.15, 0.2) is 0 Å². The van der Waals surface area contributed by atoms with E-state index in [1.807, 2.05) is 0 Å². The first-order valence-corrected chi connectivity index (χ1v) is 4.02. The first-order chi connectivity index (χ1) is 4.41. The summed E-state index contributed by atoms with van der Waals surface area (Å²) in [5.74, 6) is 0. The smallest absolute Gasteiger partial charge is 0.0431 e. The summed E-state index contributed by atoms with van der Waals surface area (Å²) >= 11 is 0. The Morgan fingerprint density at radius 1 is 1.00 bits per heavy atom. The zero-order valence-electron chi connectivity index (χ0n) is 7.10. The van der Waals surface area contributed by atoms with Crippen LogP contribution in [0.5, 0.6) is 0 Å². The maximum absolute atomic E-state index is 8.42. The van der Waals surface area contributed by atoms with Crippen LogP contribution in [0, 0.1) is 0 Å². The van der Waals surface area contributed by atoms with Crippen LogP contribution in [0.15, 0.2) is 0 Å². The van der Waals surface area contributed by atoms with Gasteiger partial charge in [-0.05, 0) is 6.42 Å². The lowest BCUT2D eigenvalue weighted by molar-refractivity contribution is 0.282. The molecule has 0 aromatic rings. The molecule has 0 rings (SSSR count). The van der Waals surface area contributed by atoms with Crippen LogP contribution in [0.3, 0.4) is 0 Å². The largest absolute Gasteiger partial charge is 0.396 e. The third kappa shape index (κ3) is 10.8. The number of hydrogen-bond donors (Lipinski definition) is 2. The molecule has 0 fully saturated rings. The van der Waals surface area contributed by atoms with Gasteiger partial charge in [0.1, 0.15) is 0 Å². The van der Waals surface area contributed by atoms with Gasteiger partial charge < -0.3 is 11.3 Å². The fourth-order valence-corrected chi connectivity index (χ4v) is 0.892. The van der Waals surface area contributed by atoms with Crippen LogP contribution >= 0.6 is 0 Å². The lowest BCUT2D eigenvalue weighted by Gasteiger charge is -1.95. The fourth-order valence-electron chi connectivity index (χ4n) is 0.892. The van der Waals surface area contributed by atoms with Gasteiger partial charge in [-0.15, -0.1) is 0 Å². The fraction of sp³-hybridized carbons (Fsp3) is 1.00. The lowest BCUT2D eigenvalue weighted by Crippen LogP contribution is -1.82. The molecular weight excluding hydrogens is 126 g/mol. The minimum Gasteiger partial charge on any atom is -0.396 e. The van der Waals surface area contributed by atoms with Crippen molar-refractivity contribution in [3.8, 4) is 0 Å². The lowest BCUT2D eigenvalue weighted by atomic mass is 10.1. The molecule has 0 aromatic carbocycles. The Kier molecular flexibility index (Phi) is 14.7. The van der Waals surface area contributed by atoms with E-state index in [1.54, 1.807) is 0 Å². The molecule has 0 spiro atoms. The summed E-state index contributed by atoms with van der Waals surface area (Å²) in [5, 5.41) is 8.42. The van der Waals surface area contributed by atoms with E-state index in [0.29, 0.717) is 6.61 Å². The average molecular weight is 149 g/mol. The second kappa shape index (κ2) is 11.7. The monoisotopic (exact) mass is 149 g/mol. The van der Waals surface area contributed by atoms with Gasteiger partial charge in [0, 0.05) is 8.03 Å². The molecule has 2 nitrogen and oxygen atoms in total. The minimum absolute atomic E-state index is 0. The molecule has 2 heteroatoms. The molecule has 0 atom stereocenters. The molecule has 0 bridgehead atoms. The highest BCUT2D eigenvalue weighted by atomic mass is 16.2.